The van der Waals surface area contributed by atoms with Gasteiger partial charge in [0.2, 0.25) is 0 Å². The second kappa shape index (κ2) is 5.76. The zero-order valence-corrected chi connectivity index (χ0v) is 13.1. The normalized spacial score (nSPS) is 22.7. The Labute approximate surface area is 134 Å². The van der Waals surface area contributed by atoms with Crippen LogP contribution >= 0.6 is 11.6 Å². The quantitative estimate of drug-likeness (QED) is 0.925. The van der Waals surface area contributed by atoms with Crippen molar-refractivity contribution < 1.29 is 14.7 Å². The molecule has 0 bridgehead atoms. The second-order valence-electron chi connectivity index (χ2n) is 5.96. The lowest BCUT2D eigenvalue weighted by Crippen LogP contribution is -2.41. The van der Waals surface area contributed by atoms with Crippen LogP contribution in [0.1, 0.15) is 32.6 Å². The smallest absolute Gasteiger partial charge is 0.294 e. The highest BCUT2D eigenvalue weighted by molar-refractivity contribution is 6.30. The molecule has 5 heteroatoms. The van der Waals surface area contributed by atoms with Crippen molar-refractivity contribution in [3.63, 3.8) is 0 Å². The molecule has 22 heavy (non-hydrogen) atoms. The average Bonchev–Trinajstić information content (AvgIpc) is 3.08. The Kier molecular flexibility index (Phi) is 3.96. The Balaban J connectivity index is 2.06. The first-order valence-corrected chi connectivity index (χ1v) is 7.91. The minimum atomic E-state index is -0.496. The summed E-state index contributed by atoms with van der Waals surface area (Å²) in [5.74, 6) is -0.925. The molecule has 0 spiro atoms. The van der Waals surface area contributed by atoms with Crippen molar-refractivity contribution in [3.05, 3.63) is 40.6 Å². The molecule has 1 atom stereocenters. The summed E-state index contributed by atoms with van der Waals surface area (Å²) < 4.78 is 0. The van der Waals surface area contributed by atoms with Crippen LogP contribution in [0.3, 0.4) is 0 Å². The van der Waals surface area contributed by atoms with Crippen molar-refractivity contribution >= 4 is 29.0 Å². The molecule has 4 nitrogen and oxygen atoms in total. The predicted molar refractivity (Wildman–Crippen MR) is 85.0 cm³/mol. The Bertz CT molecular complexity index is 644. The van der Waals surface area contributed by atoms with Gasteiger partial charge in [0, 0.05) is 10.7 Å². The van der Waals surface area contributed by atoms with Gasteiger partial charge >= 0.3 is 0 Å². The molecular weight excluding hydrogens is 302 g/mol. The van der Waals surface area contributed by atoms with Gasteiger partial charge in [-0.05, 0) is 49.9 Å². The molecule has 3 rings (SSSR count). The molecule has 1 heterocycles. The molecule has 1 fully saturated rings. The van der Waals surface area contributed by atoms with Crippen LogP contribution in [0.25, 0.3) is 0 Å². The van der Waals surface area contributed by atoms with E-state index in [2.05, 4.69) is 0 Å². The van der Waals surface area contributed by atoms with Gasteiger partial charge in [-0.3, -0.25) is 14.5 Å². The highest BCUT2D eigenvalue weighted by Gasteiger charge is 2.46. The topological polar surface area (TPSA) is 57.6 Å². The zero-order valence-electron chi connectivity index (χ0n) is 12.4. The number of Topliss-reactive ketones (excluding diaryl/α,β-unsaturated/α-hetero) is 1. The maximum absolute atomic E-state index is 12.5. The Morgan fingerprint density at radius 3 is 2.36 bits per heavy atom. The van der Waals surface area contributed by atoms with E-state index in [0.717, 1.165) is 25.7 Å². The monoisotopic (exact) mass is 319 g/mol. The summed E-state index contributed by atoms with van der Waals surface area (Å²) in [6, 6.07) is 6.54. The van der Waals surface area contributed by atoms with Crippen LogP contribution in [-0.2, 0) is 9.59 Å². The third-order valence-electron chi connectivity index (χ3n) is 4.58. The van der Waals surface area contributed by atoms with Crippen LogP contribution in [0.5, 0.6) is 0 Å². The van der Waals surface area contributed by atoms with Gasteiger partial charge in [-0.2, -0.15) is 0 Å². The molecule has 0 aromatic heterocycles. The standard InChI is InChI=1S/C17H18ClNO3/c1-10(20)14-15(11-4-2-3-5-11)19(17(22)16(14)21)13-8-6-12(18)7-9-13/h6-9,11,15,21H,2-5H2,1H3. The number of nitrogens with zero attached hydrogens (tertiary/aromatic N) is 1. The van der Waals surface area contributed by atoms with E-state index >= 15 is 0 Å². The predicted octanol–water partition coefficient (Wildman–Crippen LogP) is 3.65. The summed E-state index contributed by atoms with van der Waals surface area (Å²) in [7, 11) is 0. The third-order valence-corrected chi connectivity index (χ3v) is 4.83. The summed E-state index contributed by atoms with van der Waals surface area (Å²) in [5.41, 5.74) is 0.918. The van der Waals surface area contributed by atoms with Gasteiger partial charge in [0.1, 0.15) is 0 Å². The number of benzene rings is 1. The summed E-state index contributed by atoms with van der Waals surface area (Å²) in [5, 5.41) is 10.8. The number of hydrogen-bond donors (Lipinski definition) is 1. The summed E-state index contributed by atoms with van der Waals surface area (Å²) in [6.07, 6.45) is 4.11. The fourth-order valence-electron chi connectivity index (χ4n) is 3.60. The van der Waals surface area contributed by atoms with E-state index in [1.807, 2.05) is 0 Å². The molecule has 1 N–H and O–H groups in total. The molecule has 1 aliphatic heterocycles. The summed E-state index contributed by atoms with van der Waals surface area (Å²) in [6.45, 7) is 1.41. The van der Waals surface area contributed by atoms with Gasteiger partial charge in [0.15, 0.2) is 11.5 Å². The number of aliphatic hydroxyl groups is 1. The first-order chi connectivity index (χ1) is 10.5. The number of anilines is 1. The Morgan fingerprint density at radius 1 is 1.23 bits per heavy atom. The molecule has 1 unspecified atom stereocenters. The lowest BCUT2D eigenvalue weighted by molar-refractivity contribution is -0.117. The lowest BCUT2D eigenvalue weighted by atomic mass is 9.90. The molecule has 116 valence electrons. The largest absolute Gasteiger partial charge is 0.503 e. The van der Waals surface area contributed by atoms with Gasteiger partial charge in [-0.1, -0.05) is 24.4 Å². The zero-order chi connectivity index (χ0) is 15.9. The molecular formula is C17H18ClNO3. The van der Waals surface area contributed by atoms with Crippen molar-refractivity contribution in [2.45, 2.75) is 38.6 Å². The van der Waals surface area contributed by atoms with Gasteiger partial charge < -0.3 is 5.11 Å². The average molecular weight is 320 g/mol. The maximum Gasteiger partial charge on any atom is 0.294 e. The lowest BCUT2D eigenvalue weighted by Gasteiger charge is -2.30. The molecule has 0 radical (unpaired) electrons. The number of aliphatic hydroxyl groups excluding tert-OH is 1. The number of halogens is 1. The molecule has 1 aliphatic carbocycles. The first kappa shape index (κ1) is 15.1. The summed E-state index contributed by atoms with van der Waals surface area (Å²) in [4.78, 5) is 26.0. The Hall–Kier alpha value is -1.81. The fraction of sp³-hybridized carbons (Fsp3) is 0.412. The number of hydrogen-bond acceptors (Lipinski definition) is 3. The number of rotatable bonds is 3. The number of carbonyl (C=O) groups excluding carboxylic acids is 2. The maximum atomic E-state index is 12.5. The van der Waals surface area contributed by atoms with Crippen molar-refractivity contribution in [1.29, 1.82) is 0 Å². The molecule has 1 saturated carbocycles. The third kappa shape index (κ3) is 2.41. The number of amides is 1. The Morgan fingerprint density at radius 2 is 1.82 bits per heavy atom. The van der Waals surface area contributed by atoms with Crippen molar-refractivity contribution in [1.82, 2.24) is 0 Å². The summed E-state index contributed by atoms with van der Waals surface area (Å²) >= 11 is 5.91. The van der Waals surface area contributed by atoms with Crippen molar-refractivity contribution in [2.24, 2.45) is 5.92 Å². The molecule has 0 saturated heterocycles. The van der Waals surface area contributed by atoms with Gasteiger partial charge in [-0.15, -0.1) is 0 Å². The molecule has 1 aromatic rings. The van der Waals surface area contributed by atoms with E-state index in [1.54, 1.807) is 29.2 Å². The van der Waals surface area contributed by atoms with Crippen LogP contribution in [0.2, 0.25) is 5.02 Å². The SMILES string of the molecule is CC(=O)C1=C(O)C(=O)N(c2ccc(Cl)cc2)C1C1CCCC1. The van der Waals surface area contributed by atoms with Gasteiger partial charge in [0.25, 0.3) is 5.91 Å². The molecule has 1 aromatic carbocycles. The fourth-order valence-corrected chi connectivity index (χ4v) is 3.72. The minimum Gasteiger partial charge on any atom is -0.503 e. The van der Waals surface area contributed by atoms with Crippen LogP contribution < -0.4 is 4.90 Å². The van der Waals surface area contributed by atoms with Crippen LogP contribution in [0, 0.1) is 5.92 Å². The van der Waals surface area contributed by atoms with Crippen molar-refractivity contribution in [3.8, 4) is 0 Å². The minimum absolute atomic E-state index is 0.211. The first-order valence-electron chi connectivity index (χ1n) is 7.54. The van der Waals surface area contributed by atoms with E-state index in [1.165, 1.54) is 6.92 Å². The highest BCUT2D eigenvalue weighted by atomic mass is 35.5. The second-order valence-corrected chi connectivity index (χ2v) is 6.40. The number of ketones is 1. The van der Waals surface area contributed by atoms with Crippen molar-refractivity contribution in [2.75, 3.05) is 4.90 Å². The van der Waals surface area contributed by atoms with Gasteiger partial charge in [0.05, 0.1) is 11.6 Å². The highest BCUT2D eigenvalue weighted by Crippen LogP contribution is 2.41. The molecule has 2 aliphatic rings. The van der Waals surface area contributed by atoms with Crippen LogP contribution in [-0.4, -0.2) is 22.8 Å². The van der Waals surface area contributed by atoms with E-state index < -0.39 is 11.7 Å². The van der Waals surface area contributed by atoms with E-state index in [0.29, 0.717) is 10.7 Å². The van der Waals surface area contributed by atoms with E-state index in [-0.39, 0.29) is 23.3 Å². The number of carbonyl (C=O) groups is 2. The van der Waals surface area contributed by atoms with Crippen LogP contribution in [0.15, 0.2) is 35.6 Å². The van der Waals surface area contributed by atoms with Crippen LogP contribution in [0.4, 0.5) is 5.69 Å². The van der Waals surface area contributed by atoms with E-state index in [9.17, 15) is 14.7 Å². The molecule has 1 amide bonds. The van der Waals surface area contributed by atoms with Gasteiger partial charge in [-0.25, -0.2) is 0 Å². The van der Waals surface area contributed by atoms with E-state index in [4.69, 9.17) is 11.6 Å².